The molecule has 4 rings (SSSR count). The number of aliphatic hydroxyl groups is 4. The molecule has 1 aliphatic carbocycles. The molecule has 31 heavy (non-hydrogen) atoms. The van der Waals surface area contributed by atoms with E-state index in [1.807, 2.05) is 0 Å². The maximum Gasteiger partial charge on any atom is 0.197 e. The van der Waals surface area contributed by atoms with Gasteiger partial charge >= 0.3 is 0 Å². The van der Waals surface area contributed by atoms with Crippen molar-refractivity contribution in [3.05, 3.63) is 52.7 Å². The van der Waals surface area contributed by atoms with Gasteiger partial charge in [-0.1, -0.05) is 0 Å². The second kappa shape index (κ2) is 8.20. The first-order chi connectivity index (χ1) is 14.8. The van der Waals surface area contributed by atoms with E-state index in [-0.39, 0.29) is 40.4 Å². The Balaban J connectivity index is 1.71. The smallest absolute Gasteiger partial charge is 0.197 e. The average Bonchev–Trinajstić information content (AvgIpc) is 2.74. The SMILES string of the molecule is O=c1cc(-c2ccc(O)cc2)oc2cc(O[C@H]3CC(CO)[C@H](O)[C@@H](O)C3O)cc(O)c12. The molecule has 5 atom stereocenters. The number of hydrogen-bond donors (Lipinski definition) is 6. The van der Waals surface area contributed by atoms with Crippen LogP contribution in [0.2, 0.25) is 0 Å². The van der Waals surface area contributed by atoms with Crippen LogP contribution in [0.5, 0.6) is 17.2 Å². The largest absolute Gasteiger partial charge is 0.508 e. The van der Waals surface area contributed by atoms with Gasteiger partial charge in [-0.25, -0.2) is 0 Å². The van der Waals surface area contributed by atoms with Crippen LogP contribution < -0.4 is 10.2 Å². The second-order valence-electron chi connectivity index (χ2n) is 7.64. The Bertz CT molecular complexity index is 1140. The average molecular weight is 430 g/mol. The number of rotatable bonds is 4. The van der Waals surface area contributed by atoms with Gasteiger partial charge in [0.25, 0.3) is 0 Å². The van der Waals surface area contributed by atoms with Crippen molar-refractivity contribution in [2.24, 2.45) is 5.92 Å². The van der Waals surface area contributed by atoms with E-state index in [4.69, 9.17) is 9.15 Å². The molecule has 0 amide bonds. The van der Waals surface area contributed by atoms with Crippen molar-refractivity contribution >= 4 is 11.0 Å². The van der Waals surface area contributed by atoms with Crippen LogP contribution in [0.3, 0.4) is 0 Å². The lowest BCUT2D eigenvalue weighted by Gasteiger charge is -2.39. The molecule has 2 aromatic carbocycles. The summed E-state index contributed by atoms with van der Waals surface area (Å²) in [7, 11) is 0. The van der Waals surface area contributed by atoms with Gasteiger partial charge in [-0.15, -0.1) is 0 Å². The van der Waals surface area contributed by atoms with Crippen molar-refractivity contribution in [2.45, 2.75) is 30.8 Å². The molecule has 2 unspecified atom stereocenters. The van der Waals surface area contributed by atoms with Gasteiger partial charge in [0.05, 0.1) is 6.10 Å². The molecule has 0 bridgehead atoms. The monoisotopic (exact) mass is 430 g/mol. The molecule has 1 fully saturated rings. The maximum absolute atomic E-state index is 12.5. The summed E-state index contributed by atoms with van der Waals surface area (Å²) in [6, 6.07) is 9.82. The highest BCUT2D eigenvalue weighted by molar-refractivity contribution is 5.86. The first kappa shape index (κ1) is 21.1. The summed E-state index contributed by atoms with van der Waals surface area (Å²) in [6.45, 7) is -0.404. The van der Waals surface area contributed by atoms with Gasteiger partial charge in [0.2, 0.25) is 0 Å². The van der Waals surface area contributed by atoms with E-state index in [1.54, 1.807) is 12.1 Å². The summed E-state index contributed by atoms with van der Waals surface area (Å²) in [5.41, 5.74) is 0.0911. The molecule has 1 saturated carbocycles. The van der Waals surface area contributed by atoms with Gasteiger partial charge < -0.3 is 39.8 Å². The van der Waals surface area contributed by atoms with Gasteiger partial charge in [0.1, 0.15) is 52.3 Å². The maximum atomic E-state index is 12.5. The number of hydrogen-bond acceptors (Lipinski definition) is 9. The number of fused-ring (bicyclic) bond motifs is 1. The highest BCUT2D eigenvalue weighted by atomic mass is 16.5. The molecule has 0 aliphatic heterocycles. The molecule has 164 valence electrons. The Labute approximate surface area is 176 Å². The number of phenolic OH excluding ortho intramolecular Hbond substituents is 2. The quantitative estimate of drug-likeness (QED) is 0.350. The van der Waals surface area contributed by atoms with Gasteiger partial charge in [-0.3, -0.25) is 4.79 Å². The standard InChI is InChI=1S/C22H22O9/c23-9-11-5-18(21(28)22(29)20(11)27)30-13-6-14(25)19-15(26)8-16(31-17(19)7-13)10-1-3-12(24)4-2-10/h1-4,6-8,11,18,20-25,27-29H,5,9H2/t11?,18-,20-,21?,22+/m0/s1. The number of aromatic hydroxyl groups is 2. The molecule has 1 aromatic heterocycles. The summed E-state index contributed by atoms with van der Waals surface area (Å²) in [6.07, 6.45) is -5.14. The van der Waals surface area contributed by atoms with Gasteiger partial charge in [-0.2, -0.15) is 0 Å². The van der Waals surface area contributed by atoms with Crippen LogP contribution in [0.4, 0.5) is 0 Å². The van der Waals surface area contributed by atoms with Crippen LogP contribution in [0.1, 0.15) is 6.42 Å². The van der Waals surface area contributed by atoms with Gasteiger partial charge in [-0.05, 0) is 30.7 Å². The Morgan fingerprint density at radius 1 is 0.968 bits per heavy atom. The van der Waals surface area contributed by atoms with Crippen LogP contribution >= 0.6 is 0 Å². The van der Waals surface area contributed by atoms with E-state index < -0.39 is 42.4 Å². The minimum atomic E-state index is -1.51. The molecule has 9 heteroatoms. The van der Waals surface area contributed by atoms with E-state index in [0.717, 1.165) is 0 Å². The predicted octanol–water partition coefficient (Wildman–Crippen LogP) is 0.713. The number of benzene rings is 2. The molecule has 9 nitrogen and oxygen atoms in total. The van der Waals surface area contributed by atoms with Crippen molar-refractivity contribution in [2.75, 3.05) is 6.61 Å². The number of ether oxygens (including phenoxy) is 1. The van der Waals surface area contributed by atoms with Crippen molar-refractivity contribution in [1.82, 2.24) is 0 Å². The van der Waals surface area contributed by atoms with Crippen LogP contribution in [0.25, 0.3) is 22.3 Å². The van der Waals surface area contributed by atoms with Crippen molar-refractivity contribution in [1.29, 1.82) is 0 Å². The number of phenols is 2. The highest BCUT2D eigenvalue weighted by Gasteiger charge is 2.43. The molecular weight excluding hydrogens is 408 g/mol. The van der Waals surface area contributed by atoms with Crippen LogP contribution in [0.15, 0.2) is 51.7 Å². The summed E-state index contributed by atoms with van der Waals surface area (Å²) in [5.74, 6) is -0.745. The minimum Gasteiger partial charge on any atom is -0.508 e. The molecule has 6 N–H and O–H groups in total. The van der Waals surface area contributed by atoms with E-state index in [9.17, 15) is 35.4 Å². The zero-order valence-corrected chi connectivity index (χ0v) is 16.3. The van der Waals surface area contributed by atoms with E-state index in [1.165, 1.54) is 30.3 Å². The Hall–Kier alpha value is -3.11. The lowest BCUT2D eigenvalue weighted by atomic mass is 9.81. The fourth-order valence-corrected chi connectivity index (χ4v) is 3.83. The van der Waals surface area contributed by atoms with Crippen LogP contribution in [0, 0.1) is 5.92 Å². The topological polar surface area (TPSA) is 161 Å². The van der Waals surface area contributed by atoms with Crippen LogP contribution in [-0.2, 0) is 0 Å². The third kappa shape index (κ3) is 3.96. The second-order valence-corrected chi connectivity index (χ2v) is 7.64. The van der Waals surface area contributed by atoms with Crippen molar-refractivity contribution < 1.29 is 39.8 Å². The van der Waals surface area contributed by atoms with E-state index in [2.05, 4.69) is 0 Å². The van der Waals surface area contributed by atoms with E-state index in [0.29, 0.717) is 5.56 Å². The predicted molar refractivity (Wildman–Crippen MR) is 109 cm³/mol. The lowest BCUT2D eigenvalue weighted by Crippen LogP contribution is -2.56. The van der Waals surface area contributed by atoms with E-state index >= 15 is 0 Å². The molecular formula is C22H22O9. The normalized spacial score (nSPS) is 26.1. The first-order valence-corrected chi connectivity index (χ1v) is 9.70. The third-order valence-corrected chi connectivity index (χ3v) is 5.56. The summed E-state index contributed by atoms with van der Waals surface area (Å²) >= 11 is 0. The Morgan fingerprint density at radius 3 is 2.35 bits per heavy atom. The summed E-state index contributed by atoms with van der Waals surface area (Å²) in [4.78, 5) is 12.5. The lowest BCUT2D eigenvalue weighted by molar-refractivity contribution is -0.156. The third-order valence-electron chi connectivity index (χ3n) is 5.56. The van der Waals surface area contributed by atoms with Crippen molar-refractivity contribution in [3.63, 3.8) is 0 Å². The molecule has 3 aromatic rings. The van der Waals surface area contributed by atoms with Crippen molar-refractivity contribution in [3.8, 4) is 28.6 Å². The Morgan fingerprint density at radius 2 is 1.68 bits per heavy atom. The molecule has 0 saturated heterocycles. The van der Waals surface area contributed by atoms with Gasteiger partial charge in [0.15, 0.2) is 5.43 Å². The fourth-order valence-electron chi connectivity index (χ4n) is 3.83. The fraction of sp³-hybridized carbons (Fsp3) is 0.318. The molecule has 0 radical (unpaired) electrons. The molecule has 0 spiro atoms. The highest BCUT2D eigenvalue weighted by Crippen LogP contribution is 2.34. The summed E-state index contributed by atoms with van der Waals surface area (Å²) < 4.78 is 11.5. The first-order valence-electron chi connectivity index (χ1n) is 9.70. The van der Waals surface area contributed by atoms with Crippen LogP contribution in [-0.4, -0.2) is 61.7 Å². The molecule has 1 heterocycles. The van der Waals surface area contributed by atoms with Gasteiger partial charge in [0, 0.05) is 36.3 Å². The minimum absolute atomic E-state index is 0.0372. The zero-order chi connectivity index (χ0) is 22.3. The zero-order valence-electron chi connectivity index (χ0n) is 16.3. The molecule has 1 aliphatic rings. The number of aliphatic hydroxyl groups excluding tert-OH is 4. The Kier molecular flexibility index (Phi) is 5.59. The summed E-state index contributed by atoms with van der Waals surface area (Å²) in [5, 5.41) is 59.4.